The summed E-state index contributed by atoms with van der Waals surface area (Å²) in [7, 11) is 0. The first-order valence-corrected chi connectivity index (χ1v) is 28.3. The van der Waals surface area contributed by atoms with Crippen LogP contribution in [-0.4, -0.2) is 6.71 Å². The quantitative estimate of drug-likeness (QED) is 0.147. The van der Waals surface area contributed by atoms with E-state index in [0.717, 1.165) is 28.4 Å². The van der Waals surface area contributed by atoms with Crippen LogP contribution in [0.2, 0.25) is 0 Å². The fourth-order valence-electron chi connectivity index (χ4n) is 11.7. The third-order valence-electron chi connectivity index (χ3n) is 16.1. The number of nitrogens with zero attached hydrogens (tertiary/aromatic N) is 3. The van der Waals surface area contributed by atoms with Crippen LogP contribution in [0.15, 0.2) is 206 Å². The summed E-state index contributed by atoms with van der Waals surface area (Å²) in [6, 6.07) is 78.7. The summed E-state index contributed by atoms with van der Waals surface area (Å²) < 4.78 is 2.65. The molecule has 0 fully saturated rings. The number of thiophene rings is 1. The number of fused-ring (bicyclic) bond motifs is 6. The molecule has 0 saturated heterocycles. The van der Waals surface area contributed by atoms with Crippen molar-refractivity contribution in [3.63, 3.8) is 0 Å². The zero-order valence-corrected chi connectivity index (χ0v) is 47.8. The molecule has 0 saturated carbocycles. The van der Waals surface area contributed by atoms with Gasteiger partial charge in [0.2, 0.25) is 0 Å². The van der Waals surface area contributed by atoms with E-state index in [2.05, 4.69) is 304 Å². The number of rotatable bonds is 7. The van der Waals surface area contributed by atoms with Gasteiger partial charge in [0.05, 0.1) is 11.4 Å². The van der Waals surface area contributed by atoms with E-state index in [1.165, 1.54) is 93.0 Å². The van der Waals surface area contributed by atoms with Crippen molar-refractivity contribution >= 4 is 95.0 Å². The molecular weight excluding hydrogens is 950 g/mol. The van der Waals surface area contributed by atoms with Gasteiger partial charge in [-0.25, -0.2) is 0 Å². The van der Waals surface area contributed by atoms with Crippen molar-refractivity contribution in [2.75, 3.05) is 14.7 Å². The molecule has 5 heteroatoms. The molecule has 3 heterocycles. The highest BCUT2D eigenvalue weighted by atomic mass is 32.1. The highest BCUT2D eigenvalue weighted by molar-refractivity contribution is 7.33. The zero-order valence-electron chi connectivity index (χ0n) is 47.0. The molecule has 2 aliphatic rings. The van der Waals surface area contributed by atoms with Crippen molar-refractivity contribution in [3.05, 3.63) is 229 Å². The molecule has 2 aliphatic heterocycles. The molecule has 12 rings (SSSR count). The third-order valence-corrected chi connectivity index (χ3v) is 17.3. The van der Waals surface area contributed by atoms with Crippen molar-refractivity contribution < 1.29 is 0 Å². The Morgan fingerprint density at radius 2 is 0.818 bits per heavy atom. The molecular formula is C72H70BN3S. The Labute approximate surface area is 462 Å². The lowest BCUT2D eigenvalue weighted by Crippen LogP contribution is -2.60. The molecule has 0 amide bonds. The molecule has 0 spiro atoms. The van der Waals surface area contributed by atoms with Crippen LogP contribution >= 0.6 is 11.3 Å². The second kappa shape index (κ2) is 18.6. The molecule has 10 aromatic rings. The Morgan fingerprint density at radius 1 is 0.390 bits per heavy atom. The van der Waals surface area contributed by atoms with E-state index >= 15 is 0 Å². The van der Waals surface area contributed by atoms with E-state index in [0.29, 0.717) is 0 Å². The lowest BCUT2D eigenvalue weighted by atomic mass is 9.36. The van der Waals surface area contributed by atoms with Crippen LogP contribution in [0.5, 0.6) is 0 Å². The maximum Gasteiger partial charge on any atom is 0.264 e. The minimum absolute atomic E-state index is 0.00350. The van der Waals surface area contributed by atoms with E-state index in [1.807, 2.05) is 11.3 Å². The third kappa shape index (κ3) is 8.97. The van der Waals surface area contributed by atoms with Gasteiger partial charge in [-0.3, -0.25) is 0 Å². The fourth-order valence-corrected chi connectivity index (χ4v) is 13.0. The standard InChI is InChI=1S/C72H70BN3S/c1-69(2,3)50-27-35-54(36-28-50)74(55-37-29-51(30-38-55)70(4,5)6)61-46-62-60(45-59(61)48-23-17-14-18-24-48)73-66-63(75(62)56-39-31-52(32-40-56)71(7,8)9)43-49(47-21-15-13-16-22-47)44-64(66)76(57-41-33-53(34-42-57)72(10,11)12)67-58-25-19-20-26-65(58)77-68(67)73/h13-46H,1-12H3. The lowest BCUT2D eigenvalue weighted by molar-refractivity contribution is 0.590. The summed E-state index contributed by atoms with van der Waals surface area (Å²) in [4.78, 5) is 7.72. The molecule has 0 N–H and O–H groups in total. The Hall–Kier alpha value is -7.60. The van der Waals surface area contributed by atoms with Crippen molar-refractivity contribution in [2.24, 2.45) is 0 Å². The summed E-state index contributed by atoms with van der Waals surface area (Å²) >= 11 is 1.95. The Kier molecular flexibility index (Phi) is 12.1. The smallest absolute Gasteiger partial charge is 0.264 e. The molecule has 0 bridgehead atoms. The van der Waals surface area contributed by atoms with Gasteiger partial charge in [0.25, 0.3) is 6.71 Å². The molecule has 1 aromatic heterocycles. The van der Waals surface area contributed by atoms with Crippen LogP contribution in [0.3, 0.4) is 0 Å². The largest absolute Gasteiger partial charge is 0.311 e. The predicted molar refractivity (Wildman–Crippen MR) is 336 cm³/mol. The molecule has 77 heavy (non-hydrogen) atoms. The van der Waals surface area contributed by atoms with Crippen LogP contribution in [0.1, 0.15) is 105 Å². The van der Waals surface area contributed by atoms with Crippen LogP contribution < -0.4 is 30.4 Å². The molecule has 0 atom stereocenters. The van der Waals surface area contributed by atoms with Gasteiger partial charge in [0, 0.05) is 60.2 Å². The van der Waals surface area contributed by atoms with E-state index in [1.54, 1.807) is 0 Å². The Balaban J connectivity index is 1.22. The van der Waals surface area contributed by atoms with Crippen molar-refractivity contribution in [3.8, 4) is 22.3 Å². The van der Waals surface area contributed by atoms with Crippen molar-refractivity contribution in [1.82, 2.24) is 0 Å². The second-order valence-electron chi connectivity index (χ2n) is 25.5. The predicted octanol–water partition coefficient (Wildman–Crippen LogP) is 19.0. The monoisotopic (exact) mass is 1020 g/mol. The van der Waals surface area contributed by atoms with Gasteiger partial charge in [0.15, 0.2) is 0 Å². The molecule has 382 valence electrons. The first-order valence-electron chi connectivity index (χ1n) is 27.5. The average molecular weight is 1020 g/mol. The van der Waals surface area contributed by atoms with Gasteiger partial charge in [-0.15, -0.1) is 11.3 Å². The topological polar surface area (TPSA) is 9.72 Å². The second-order valence-corrected chi connectivity index (χ2v) is 26.6. The van der Waals surface area contributed by atoms with Crippen LogP contribution in [0, 0.1) is 0 Å². The normalized spacial score (nSPS) is 13.4. The maximum absolute atomic E-state index is 2.60. The van der Waals surface area contributed by atoms with E-state index in [4.69, 9.17) is 0 Å². The minimum Gasteiger partial charge on any atom is -0.311 e. The number of anilines is 9. The van der Waals surface area contributed by atoms with Gasteiger partial charge in [0.1, 0.15) is 0 Å². The number of benzene rings is 9. The van der Waals surface area contributed by atoms with Gasteiger partial charge in [-0.05, 0) is 144 Å². The fraction of sp³-hybridized carbons (Fsp3) is 0.222. The van der Waals surface area contributed by atoms with Crippen LogP contribution in [0.25, 0.3) is 32.3 Å². The maximum atomic E-state index is 2.60. The first-order chi connectivity index (χ1) is 36.7. The Bertz CT molecular complexity index is 3750. The van der Waals surface area contributed by atoms with Gasteiger partial charge < -0.3 is 14.7 Å². The van der Waals surface area contributed by atoms with Gasteiger partial charge in [-0.1, -0.05) is 217 Å². The lowest BCUT2D eigenvalue weighted by Gasteiger charge is -2.44. The van der Waals surface area contributed by atoms with Crippen LogP contribution in [-0.2, 0) is 21.7 Å². The molecule has 0 radical (unpaired) electrons. The van der Waals surface area contributed by atoms with E-state index in [-0.39, 0.29) is 28.4 Å². The van der Waals surface area contributed by atoms with Gasteiger partial charge >= 0.3 is 0 Å². The highest BCUT2D eigenvalue weighted by Crippen LogP contribution is 2.52. The number of hydrogen-bond donors (Lipinski definition) is 0. The Morgan fingerprint density at radius 3 is 1.31 bits per heavy atom. The van der Waals surface area contributed by atoms with Crippen molar-refractivity contribution in [1.29, 1.82) is 0 Å². The summed E-state index contributed by atoms with van der Waals surface area (Å²) in [6.07, 6.45) is 0. The summed E-state index contributed by atoms with van der Waals surface area (Å²) in [5.74, 6) is 0. The summed E-state index contributed by atoms with van der Waals surface area (Å²) in [6.45, 7) is 27.5. The zero-order chi connectivity index (χ0) is 53.8. The minimum atomic E-state index is -0.0791. The molecule has 3 nitrogen and oxygen atoms in total. The molecule has 0 unspecified atom stereocenters. The first kappa shape index (κ1) is 50.2. The summed E-state index contributed by atoms with van der Waals surface area (Å²) in [5.41, 5.74) is 23.0. The van der Waals surface area contributed by atoms with Crippen LogP contribution in [0.4, 0.5) is 51.2 Å². The molecule has 9 aromatic carbocycles. The van der Waals surface area contributed by atoms with E-state index < -0.39 is 0 Å². The molecule has 0 aliphatic carbocycles. The average Bonchev–Trinajstić information content (AvgIpc) is 3.99. The SMILES string of the molecule is CC(C)(C)c1ccc(N(c2ccc(C(C)(C)C)cc2)c2cc3c(cc2-c2ccccc2)B2c4sc5ccccc5c4N(c4ccc(C(C)(C)C)cc4)c4cc(-c5ccccc5)cc(c42)N3c2ccc(C(C)(C)C)cc2)cc1. The van der Waals surface area contributed by atoms with Gasteiger partial charge in [-0.2, -0.15) is 0 Å². The van der Waals surface area contributed by atoms with E-state index in [9.17, 15) is 0 Å². The summed E-state index contributed by atoms with van der Waals surface area (Å²) in [5, 5.41) is 1.27. The number of hydrogen-bond acceptors (Lipinski definition) is 4. The van der Waals surface area contributed by atoms with Crippen molar-refractivity contribution in [2.45, 2.75) is 105 Å². The highest BCUT2D eigenvalue weighted by Gasteiger charge is 2.46.